The van der Waals surface area contributed by atoms with Gasteiger partial charge in [0.05, 0.1) is 13.7 Å². The van der Waals surface area contributed by atoms with Gasteiger partial charge in [0.25, 0.3) is 11.8 Å². The Balaban J connectivity index is 1.27. The molecule has 182 valence electrons. The Labute approximate surface area is 204 Å². The number of imidazole rings is 1. The number of pyridine rings is 1. The van der Waals surface area contributed by atoms with Crippen LogP contribution in [0.2, 0.25) is 0 Å². The predicted octanol–water partition coefficient (Wildman–Crippen LogP) is 2.44. The van der Waals surface area contributed by atoms with Gasteiger partial charge in [-0.1, -0.05) is 18.2 Å². The third-order valence-corrected chi connectivity index (χ3v) is 6.71. The average Bonchev–Trinajstić information content (AvgIpc) is 3.37. The van der Waals surface area contributed by atoms with Crippen LogP contribution >= 0.6 is 0 Å². The lowest BCUT2D eigenvalue weighted by molar-refractivity contribution is -0.172. The van der Waals surface area contributed by atoms with Crippen molar-refractivity contribution in [3.05, 3.63) is 77.6 Å². The van der Waals surface area contributed by atoms with Crippen molar-refractivity contribution in [1.29, 1.82) is 0 Å². The Morgan fingerprint density at radius 3 is 2.77 bits per heavy atom. The number of aryl methyl sites for hydroxylation is 1. The van der Waals surface area contributed by atoms with Crippen molar-refractivity contribution in [2.75, 3.05) is 20.2 Å². The second kappa shape index (κ2) is 9.50. The molecule has 4 heterocycles. The number of benzene rings is 1. The molecule has 2 amide bonds. The molecule has 5 rings (SSSR count). The van der Waals surface area contributed by atoms with E-state index in [0.29, 0.717) is 44.7 Å². The number of hydrogen-bond donors (Lipinski definition) is 1. The molecule has 1 unspecified atom stereocenters. The fraction of sp³-hybridized carbons (Fsp3) is 0.385. The van der Waals surface area contributed by atoms with E-state index in [0.717, 1.165) is 22.8 Å². The van der Waals surface area contributed by atoms with Crippen LogP contribution in [-0.4, -0.2) is 57.6 Å². The van der Waals surface area contributed by atoms with Crippen LogP contribution in [0.3, 0.4) is 0 Å². The summed E-state index contributed by atoms with van der Waals surface area (Å²) in [5.74, 6) is 1.30. The number of hydrogen-bond acceptors (Lipinski definition) is 6. The summed E-state index contributed by atoms with van der Waals surface area (Å²) < 4.78 is 13.7. The summed E-state index contributed by atoms with van der Waals surface area (Å²) in [4.78, 5) is 36.8. The van der Waals surface area contributed by atoms with Gasteiger partial charge in [-0.25, -0.2) is 9.97 Å². The maximum Gasteiger partial charge on any atom is 0.272 e. The summed E-state index contributed by atoms with van der Waals surface area (Å²) in [6.07, 6.45) is 4.09. The Morgan fingerprint density at radius 1 is 1.20 bits per heavy atom. The zero-order valence-electron chi connectivity index (χ0n) is 19.9. The van der Waals surface area contributed by atoms with Gasteiger partial charge >= 0.3 is 0 Å². The highest BCUT2D eigenvalue weighted by atomic mass is 16.5. The third kappa shape index (κ3) is 4.64. The molecule has 1 atom stereocenters. The topological polar surface area (TPSA) is 98.6 Å². The molecule has 2 aromatic heterocycles. The lowest BCUT2D eigenvalue weighted by Gasteiger charge is -2.45. The van der Waals surface area contributed by atoms with Gasteiger partial charge in [-0.15, -0.1) is 0 Å². The molecule has 2 aliphatic heterocycles. The van der Waals surface area contributed by atoms with Crippen LogP contribution in [0.25, 0.3) is 0 Å². The lowest BCUT2D eigenvalue weighted by Crippen LogP contribution is -2.54. The number of rotatable bonds is 5. The number of nitrogens with one attached hydrogen (secondary N) is 1. The van der Waals surface area contributed by atoms with E-state index < -0.39 is 11.7 Å². The van der Waals surface area contributed by atoms with Gasteiger partial charge in [-0.2, -0.15) is 0 Å². The largest absolute Gasteiger partial charge is 0.497 e. The molecular weight excluding hydrogens is 446 g/mol. The van der Waals surface area contributed by atoms with Gasteiger partial charge in [0.15, 0.2) is 6.10 Å². The summed E-state index contributed by atoms with van der Waals surface area (Å²) in [6.45, 7) is 3.65. The molecule has 1 aromatic carbocycles. The normalized spacial score (nSPS) is 18.7. The Morgan fingerprint density at radius 2 is 2.00 bits per heavy atom. The highest BCUT2D eigenvalue weighted by molar-refractivity contribution is 5.92. The van der Waals surface area contributed by atoms with Crippen LogP contribution in [0, 0.1) is 6.92 Å². The van der Waals surface area contributed by atoms with Crippen molar-refractivity contribution < 1.29 is 19.1 Å². The van der Waals surface area contributed by atoms with Gasteiger partial charge in [0.2, 0.25) is 0 Å². The molecular formula is C26H29N5O4. The van der Waals surface area contributed by atoms with E-state index in [2.05, 4.69) is 15.3 Å². The minimum absolute atomic E-state index is 0.0877. The van der Waals surface area contributed by atoms with E-state index in [1.54, 1.807) is 24.3 Å². The number of amides is 2. The van der Waals surface area contributed by atoms with Gasteiger partial charge < -0.3 is 24.3 Å². The minimum atomic E-state index is -0.712. The first-order chi connectivity index (χ1) is 17.0. The van der Waals surface area contributed by atoms with Gasteiger partial charge in [-0.05, 0) is 36.8 Å². The highest BCUT2D eigenvalue weighted by Crippen LogP contribution is 2.40. The van der Waals surface area contributed by atoms with E-state index in [1.807, 2.05) is 54.1 Å². The van der Waals surface area contributed by atoms with Gasteiger partial charge in [0.1, 0.15) is 22.9 Å². The number of carbonyl (C=O) groups excluding carboxylic acids is 2. The van der Waals surface area contributed by atoms with Crippen LogP contribution in [-0.2, 0) is 28.2 Å². The molecule has 1 spiro atoms. The van der Waals surface area contributed by atoms with E-state index in [4.69, 9.17) is 9.47 Å². The number of methoxy groups -OCH3 is 1. The SMILES string of the molecule is COc1cccc(CNC(=O)C2Cn3ccnc3C3(CCN(C(=O)c4cccc(C)n4)CC3)O2)c1. The highest BCUT2D eigenvalue weighted by Gasteiger charge is 2.47. The number of likely N-dealkylation sites (tertiary alicyclic amines) is 1. The van der Waals surface area contributed by atoms with Gasteiger partial charge in [-0.3, -0.25) is 9.59 Å². The Kier molecular flexibility index (Phi) is 6.25. The molecule has 1 N–H and O–H groups in total. The molecule has 2 aliphatic rings. The molecule has 3 aromatic rings. The van der Waals surface area contributed by atoms with E-state index in [-0.39, 0.29) is 11.8 Å². The van der Waals surface area contributed by atoms with Crippen molar-refractivity contribution in [3.63, 3.8) is 0 Å². The molecule has 0 saturated carbocycles. The summed E-state index contributed by atoms with van der Waals surface area (Å²) in [5.41, 5.74) is 1.49. The smallest absolute Gasteiger partial charge is 0.272 e. The van der Waals surface area contributed by atoms with Crippen molar-refractivity contribution in [1.82, 2.24) is 24.8 Å². The van der Waals surface area contributed by atoms with E-state index in [9.17, 15) is 9.59 Å². The molecule has 9 heteroatoms. The number of piperidine rings is 1. The van der Waals surface area contributed by atoms with Crippen LogP contribution in [0.1, 0.15) is 40.4 Å². The summed E-state index contributed by atoms with van der Waals surface area (Å²) in [5, 5.41) is 2.99. The quantitative estimate of drug-likeness (QED) is 0.609. The van der Waals surface area contributed by atoms with Crippen molar-refractivity contribution in [3.8, 4) is 5.75 Å². The molecule has 1 fully saturated rings. The summed E-state index contributed by atoms with van der Waals surface area (Å²) in [7, 11) is 1.62. The second-order valence-electron chi connectivity index (χ2n) is 9.03. The first-order valence-electron chi connectivity index (χ1n) is 11.8. The molecule has 0 radical (unpaired) electrons. The Hall–Kier alpha value is -3.72. The van der Waals surface area contributed by atoms with Crippen LogP contribution < -0.4 is 10.1 Å². The Bertz CT molecular complexity index is 1230. The second-order valence-corrected chi connectivity index (χ2v) is 9.03. The minimum Gasteiger partial charge on any atom is -0.497 e. The molecule has 35 heavy (non-hydrogen) atoms. The van der Waals surface area contributed by atoms with Crippen LogP contribution in [0.5, 0.6) is 5.75 Å². The van der Waals surface area contributed by atoms with Crippen molar-refractivity contribution >= 4 is 11.8 Å². The number of ether oxygens (including phenoxy) is 2. The monoisotopic (exact) mass is 475 g/mol. The fourth-order valence-corrected chi connectivity index (χ4v) is 4.86. The van der Waals surface area contributed by atoms with Crippen molar-refractivity contribution in [2.45, 2.75) is 44.6 Å². The first kappa shape index (κ1) is 23.0. The van der Waals surface area contributed by atoms with Crippen LogP contribution in [0.15, 0.2) is 54.9 Å². The predicted molar refractivity (Wildman–Crippen MR) is 128 cm³/mol. The van der Waals surface area contributed by atoms with Crippen molar-refractivity contribution in [2.24, 2.45) is 0 Å². The number of fused-ring (bicyclic) bond motifs is 2. The third-order valence-electron chi connectivity index (χ3n) is 6.71. The number of carbonyl (C=O) groups is 2. The standard InChI is InChI=1S/C26H29N5O4/c1-18-5-3-8-21(29-18)24(33)30-12-9-26(10-13-30)25-27-11-14-31(25)17-22(35-26)23(32)28-16-19-6-4-7-20(15-19)34-2/h3-8,11,14-15,22H,9-10,12-13,16-17H2,1-2H3,(H,28,32). The lowest BCUT2D eigenvalue weighted by atomic mass is 9.88. The maximum atomic E-state index is 13.1. The molecule has 9 nitrogen and oxygen atoms in total. The van der Waals surface area contributed by atoms with E-state index >= 15 is 0 Å². The van der Waals surface area contributed by atoms with Crippen LogP contribution in [0.4, 0.5) is 0 Å². The average molecular weight is 476 g/mol. The fourth-order valence-electron chi connectivity index (χ4n) is 4.86. The number of nitrogens with zero attached hydrogens (tertiary/aromatic N) is 4. The zero-order valence-corrected chi connectivity index (χ0v) is 19.9. The summed E-state index contributed by atoms with van der Waals surface area (Å²) in [6, 6.07) is 13.1. The molecule has 0 bridgehead atoms. The zero-order chi connectivity index (χ0) is 24.4. The molecule has 0 aliphatic carbocycles. The maximum absolute atomic E-state index is 13.1. The number of aromatic nitrogens is 3. The summed E-state index contributed by atoms with van der Waals surface area (Å²) >= 11 is 0. The first-order valence-corrected chi connectivity index (χ1v) is 11.8. The van der Waals surface area contributed by atoms with E-state index in [1.165, 1.54) is 0 Å². The van der Waals surface area contributed by atoms with Gasteiger partial charge in [0, 0.05) is 50.6 Å². The molecule has 1 saturated heterocycles.